The summed E-state index contributed by atoms with van der Waals surface area (Å²) in [5, 5.41) is 20.9. The number of hydrogen-bond donors (Lipinski definition) is 2. The summed E-state index contributed by atoms with van der Waals surface area (Å²) in [7, 11) is 1.37. The largest absolute Gasteiger partial charge is 0.487 e. The zero-order valence-electron chi connectivity index (χ0n) is 21.6. The van der Waals surface area contributed by atoms with Gasteiger partial charge in [-0.25, -0.2) is 14.6 Å². The molecule has 208 valence electrons. The number of benzene rings is 3. The first-order chi connectivity index (χ1) is 19.2. The topological polar surface area (TPSA) is 106 Å². The van der Waals surface area contributed by atoms with Gasteiger partial charge >= 0.3 is 11.9 Å². The lowest BCUT2D eigenvalue weighted by atomic mass is 9.99. The molecule has 0 aliphatic rings. The Morgan fingerprint density at radius 3 is 2.48 bits per heavy atom. The third kappa shape index (κ3) is 7.88. The predicted molar refractivity (Wildman–Crippen MR) is 158 cm³/mol. The van der Waals surface area contributed by atoms with E-state index in [9.17, 15) is 19.8 Å². The Kier molecular flexibility index (Phi) is 10.3. The first-order valence-electron chi connectivity index (χ1n) is 12.4. The summed E-state index contributed by atoms with van der Waals surface area (Å²) in [5.74, 6) is -1.24. The number of thioether (sulfide) groups is 1. The molecular weight excluding hydrogens is 573 g/mol. The van der Waals surface area contributed by atoms with E-state index >= 15 is 0 Å². The number of hydrogen-bond acceptors (Lipinski definition) is 6. The standard InChI is InChI=1S/C30H27Cl2NO6S/c1-38-27(30(36)37)17-40-28(12-8-18-5-9-21(31)14-25(18)29(34)35)20-3-2-4-24(13-20)39-16-23-11-7-19-6-10-22(32)15-26(19)33-23/h2-7,9-11,13-15,27-28H,8,12,16-17H2,1H3,(H,34,35)(H,36,37). The fraction of sp³-hybridized carbons (Fsp3) is 0.233. The Bertz CT molecular complexity index is 1520. The minimum atomic E-state index is -1.05. The molecule has 2 atom stereocenters. The molecule has 0 saturated carbocycles. The molecule has 0 bridgehead atoms. The van der Waals surface area contributed by atoms with Crippen LogP contribution in [-0.2, 0) is 22.6 Å². The van der Waals surface area contributed by atoms with Gasteiger partial charge in [-0.2, -0.15) is 11.8 Å². The first-order valence-corrected chi connectivity index (χ1v) is 14.2. The van der Waals surface area contributed by atoms with E-state index in [4.69, 9.17) is 32.7 Å². The number of halogens is 2. The first kappa shape index (κ1) is 29.7. The molecule has 1 heterocycles. The average molecular weight is 601 g/mol. The lowest BCUT2D eigenvalue weighted by molar-refractivity contribution is -0.146. The van der Waals surface area contributed by atoms with Gasteiger partial charge in [-0.05, 0) is 66.4 Å². The number of carbonyl (C=O) groups is 2. The smallest absolute Gasteiger partial charge is 0.336 e. The second kappa shape index (κ2) is 13.9. The number of pyridine rings is 1. The third-order valence-electron chi connectivity index (χ3n) is 6.32. The van der Waals surface area contributed by atoms with Crippen molar-refractivity contribution in [3.05, 3.63) is 105 Å². The van der Waals surface area contributed by atoms with Crippen molar-refractivity contribution >= 4 is 57.8 Å². The van der Waals surface area contributed by atoms with Gasteiger partial charge in [-0.15, -0.1) is 0 Å². The van der Waals surface area contributed by atoms with E-state index in [-0.39, 0.29) is 23.2 Å². The quantitative estimate of drug-likeness (QED) is 0.164. The molecule has 10 heteroatoms. The molecule has 40 heavy (non-hydrogen) atoms. The van der Waals surface area contributed by atoms with Crippen LogP contribution in [0.15, 0.2) is 72.8 Å². The van der Waals surface area contributed by atoms with Gasteiger partial charge in [0.15, 0.2) is 6.10 Å². The SMILES string of the molecule is COC(CSC(CCc1ccc(Cl)cc1C(=O)O)c1cccc(OCc2ccc3ccc(Cl)cc3n2)c1)C(=O)O. The van der Waals surface area contributed by atoms with Gasteiger partial charge in [-0.1, -0.05) is 53.5 Å². The summed E-state index contributed by atoms with van der Waals surface area (Å²) in [6.07, 6.45) is 0.0408. The minimum absolute atomic E-state index is 0.151. The summed E-state index contributed by atoms with van der Waals surface area (Å²) >= 11 is 13.6. The number of carboxylic acid groups (broad SMARTS) is 2. The van der Waals surface area contributed by atoms with E-state index < -0.39 is 18.0 Å². The van der Waals surface area contributed by atoms with Crippen LogP contribution in [0.5, 0.6) is 5.75 Å². The highest BCUT2D eigenvalue weighted by atomic mass is 35.5. The van der Waals surface area contributed by atoms with E-state index in [2.05, 4.69) is 4.98 Å². The molecule has 4 rings (SSSR count). The van der Waals surface area contributed by atoms with Crippen LogP contribution in [0.25, 0.3) is 10.9 Å². The van der Waals surface area contributed by atoms with Gasteiger partial charge in [0.1, 0.15) is 12.4 Å². The van der Waals surface area contributed by atoms with Crippen LogP contribution >= 0.6 is 35.0 Å². The fourth-order valence-electron chi connectivity index (χ4n) is 4.22. The molecule has 0 radical (unpaired) electrons. The normalized spacial score (nSPS) is 12.7. The maximum absolute atomic E-state index is 11.8. The van der Waals surface area contributed by atoms with Gasteiger partial charge in [0.05, 0.1) is 16.8 Å². The summed E-state index contributed by atoms with van der Waals surface area (Å²) in [5.41, 5.74) is 3.26. The number of aromatic carboxylic acids is 1. The Morgan fingerprint density at radius 2 is 1.73 bits per heavy atom. The average Bonchev–Trinajstić information content (AvgIpc) is 2.94. The van der Waals surface area contributed by atoms with Gasteiger partial charge in [0.2, 0.25) is 0 Å². The third-order valence-corrected chi connectivity index (χ3v) is 8.19. The van der Waals surface area contributed by atoms with Crippen molar-refractivity contribution in [1.29, 1.82) is 0 Å². The Balaban J connectivity index is 1.52. The summed E-state index contributed by atoms with van der Waals surface area (Å²) < 4.78 is 11.2. The highest BCUT2D eigenvalue weighted by Crippen LogP contribution is 2.36. The molecule has 7 nitrogen and oxygen atoms in total. The predicted octanol–water partition coefficient (Wildman–Crippen LogP) is 7.33. The Morgan fingerprint density at radius 1 is 0.975 bits per heavy atom. The molecule has 0 fully saturated rings. The van der Waals surface area contributed by atoms with Gasteiger partial charge in [0, 0.05) is 33.5 Å². The van der Waals surface area contributed by atoms with Crippen LogP contribution in [0.2, 0.25) is 10.0 Å². The Hall–Kier alpha value is -3.30. The molecule has 3 aromatic carbocycles. The van der Waals surface area contributed by atoms with Crippen molar-refractivity contribution < 1.29 is 29.3 Å². The fourth-order valence-corrected chi connectivity index (χ4v) is 5.86. The summed E-state index contributed by atoms with van der Waals surface area (Å²) in [6.45, 7) is 0.251. The van der Waals surface area contributed by atoms with Crippen LogP contribution in [0.3, 0.4) is 0 Å². The highest BCUT2D eigenvalue weighted by Gasteiger charge is 2.22. The monoisotopic (exact) mass is 599 g/mol. The van der Waals surface area contributed by atoms with E-state index in [1.54, 1.807) is 12.1 Å². The molecule has 0 aliphatic carbocycles. The molecule has 2 unspecified atom stereocenters. The molecular formula is C30H27Cl2NO6S. The van der Waals surface area contributed by atoms with E-state index in [1.165, 1.54) is 24.9 Å². The second-order valence-corrected chi connectivity index (χ2v) is 11.1. The zero-order valence-corrected chi connectivity index (χ0v) is 23.9. The number of aliphatic carboxylic acids is 1. The van der Waals surface area contributed by atoms with Gasteiger partial charge in [0.25, 0.3) is 0 Å². The van der Waals surface area contributed by atoms with E-state index in [0.29, 0.717) is 34.2 Å². The maximum atomic E-state index is 11.8. The van der Waals surface area contributed by atoms with Gasteiger partial charge in [-0.3, -0.25) is 0 Å². The van der Waals surface area contributed by atoms with Gasteiger partial charge < -0.3 is 19.7 Å². The van der Waals surface area contributed by atoms with Crippen LogP contribution in [0.1, 0.15) is 38.8 Å². The minimum Gasteiger partial charge on any atom is -0.487 e. The maximum Gasteiger partial charge on any atom is 0.336 e. The second-order valence-electron chi connectivity index (χ2n) is 9.03. The molecule has 0 amide bonds. The molecule has 0 spiro atoms. The zero-order chi connectivity index (χ0) is 28.6. The number of carboxylic acids is 2. The molecule has 4 aromatic rings. The van der Waals surface area contributed by atoms with Crippen molar-refractivity contribution in [2.45, 2.75) is 30.8 Å². The van der Waals surface area contributed by atoms with Crippen LogP contribution < -0.4 is 4.74 Å². The number of aryl methyl sites for hydroxylation is 1. The van der Waals surface area contributed by atoms with E-state index in [1.807, 2.05) is 54.6 Å². The van der Waals surface area contributed by atoms with Crippen molar-refractivity contribution in [3.8, 4) is 5.75 Å². The molecule has 0 saturated heterocycles. The van der Waals surface area contributed by atoms with Crippen LogP contribution in [0, 0.1) is 0 Å². The van der Waals surface area contributed by atoms with Crippen LogP contribution in [0.4, 0.5) is 0 Å². The van der Waals surface area contributed by atoms with Crippen molar-refractivity contribution in [2.24, 2.45) is 0 Å². The van der Waals surface area contributed by atoms with Crippen molar-refractivity contribution in [3.63, 3.8) is 0 Å². The number of nitrogens with zero attached hydrogens (tertiary/aromatic N) is 1. The van der Waals surface area contributed by atoms with Crippen molar-refractivity contribution in [2.75, 3.05) is 12.9 Å². The molecule has 1 aromatic heterocycles. The molecule has 2 N–H and O–H groups in total. The number of aromatic nitrogens is 1. The number of ether oxygens (including phenoxy) is 2. The van der Waals surface area contributed by atoms with Crippen LogP contribution in [-0.4, -0.2) is 46.1 Å². The number of rotatable bonds is 13. The molecule has 0 aliphatic heterocycles. The lowest BCUT2D eigenvalue weighted by Gasteiger charge is -2.20. The lowest BCUT2D eigenvalue weighted by Crippen LogP contribution is -2.25. The highest BCUT2D eigenvalue weighted by molar-refractivity contribution is 7.99. The van der Waals surface area contributed by atoms with E-state index in [0.717, 1.165) is 22.2 Å². The summed E-state index contributed by atoms with van der Waals surface area (Å²) in [6, 6.07) is 21.8. The number of fused-ring (bicyclic) bond motifs is 1. The van der Waals surface area contributed by atoms with Crippen molar-refractivity contribution in [1.82, 2.24) is 4.98 Å². The summed E-state index contributed by atoms with van der Waals surface area (Å²) in [4.78, 5) is 27.9. The Labute approximate surface area is 246 Å². The number of methoxy groups -OCH3 is 1.